The molecule has 1 fully saturated rings. The van der Waals surface area contributed by atoms with Gasteiger partial charge in [-0.15, -0.1) is 0 Å². The van der Waals surface area contributed by atoms with Crippen LogP contribution in [0.25, 0.3) is 10.9 Å². The lowest BCUT2D eigenvalue weighted by Crippen LogP contribution is -2.26. The number of esters is 2. The Morgan fingerprint density at radius 3 is 2.65 bits per heavy atom. The van der Waals surface area contributed by atoms with Crippen LogP contribution < -0.4 is 15.0 Å². The number of pyridine rings is 2. The van der Waals surface area contributed by atoms with Crippen molar-refractivity contribution in [1.29, 1.82) is 0 Å². The van der Waals surface area contributed by atoms with Gasteiger partial charge in [-0.2, -0.15) is 0 Å². The Balaban J connectivity index is 1.41. The highest BCUT2D eigenvalue weighted by molar-refractivity contribution is 6.07. The Morgan fingerprint density at radius 1 is 1.04 bits per heavy atom. The molecule has 2 aromatic carbocycles. The fourth-order valence-corrected chi connectivity index (χ4v) is 5.83. The van der Waals surface area contributed by atoms with Crippen LogP contribution in [-0.2, 0) is 20.6 Å². The van der Waals surface area contributed by atoms with Crippen LogP contribution in [0.5, 0.6) is 5.75 Å². The van der Waals surface area contributed by atoms with E-state index < -0.39 is 17.5 Å². The lowest BCUT2D eigenvalue weighted by Gasteiger charge is -2.30. The van der Waals surface area contributed by atoms with Gasteiger partial charge in [0.1, 0.15) is 23.0 Å². The van der Waals surface area contributed by atoms with E-state index in [1.807, 2.05) is 57.3 Å². The number of aromatic nitrogens is 2. The lowest BCUT2D eigenvalue weighted by atomic mass is 10.0. The summed E-state index contributed by atoms with van der Waals surface area (Å²) in [6.07, 6.45) is 6.77. The molecule has 10 heteroatoms. The molecule has 46 heavy (non-hydrogen) atoms. The standard InChI is InChI=1S/C36H40N4O6/c1-5-44-35(42)29-22-38-31-21-25(40-15-7-8-30-32(40)9-6-14-37-30)10-11-28(31)33(29)39-24-18-23(34(41)46-36(2,3)4)19-27(20-24)45-26-12-16-43-17-13-26/h6,9-11,14,18-22,26H,5,7-8,12-13,15-17H2,1-4H3,(H,38,39). The predicted molar refractivity (Wildman–Crippen MR) is 177 cm³/mol. The summed E-state index contributed by atoms with van der Waals surface area (Å²) in [6, 6.07) is 15.3. The predicted octanol–water partition coefficient (Wildman–Crippen LogP) is 7.15. The molecule has 0 radical (unpaired) electrons. The number of hydrogen-bond acceptors (Lipinski definition) is 10. The molecule has 0 amide bonds. The first kappa shape index (κ1) is 31.3. The summed E-state index contributed by atoms with van der Waals surface area (Å²) in [6.45, 7) is 9.57. The molecule has 2 aliphatic rings. The summed E-state index contributed by atoms with van der Waals surface area (Å²) in [5, 5.41) is 4.16. The highest BCUT2D eigenvalue weighted by Gasteiger charge is 2.24. The maximum absolute atomic E-state index is 13.2. The van der Waals surface area contributed by atoms with Gasteiger partial charge in [-0.05, 0) is 83.0 Å². The Kier molecular flexibility index (Phi) is 9.08. The molecule has 10 nitrogen and oxygen atoms in total. The number of carbonyl (C=O) groups excluding carboxylic acids is 2. The molecule has 4 heterocycles. The minimum absolute atomic E-state index is 0.0409. The van der Waals surface area contributed by atoms with E-state index in [0.717, 1.165) is 54.7 Å². The Bertz CT molecular complexity index is 1740. The number of anilines is 4. The van der Waals surface area contributed by atoms with Crippen LogP contribution >= 0.6 is 0 Å². The topological polar surface area (TPSA) is 112 Å². The van der Waals surface area contributed by atoms with Gasteiger partial charge in [-0.3, -0.25) is 9.97 Å². The quantitative estimate of drug-likeness (QED) is 0.203. The summed E-state index contributed by atoms with van der Waals surface area (Å²) in [5.74, 6) is -0.450. The van der Waals surface area contributed by atoms with Gasteiger partial charge in [-0.25, -0.2) is 9.59 Å². The molecule has 1 N–H and O–H groups in total. The first-order valence-electron chi connectivity index (χ1n) is 15.9. The van der Waals surface area contributed by atoms with Gasteiger partial charge in [0.25, 0.3) is 0 Å². The van der Waals surface area contributed by atoms with Crippen molar-refractivity contribution in [2.24, 2.45) is 0 Å². The van der Waals surface area contributed by atoms with E-state index in [-0.39, 0.29) is 18.3 Å². The van der Waals surface area contributed by atoms with E-state index in [9.17, 15) is 9.59 Å². The van der Waals surface area contributed by atoms with Crippen molar-refractivity contribution in [3.63, 3.8) is 0 Å². The largest absolute Gasteiger partial charge is 0.490 e. The molecule has 1 saturated heterocycles. The van der Waals surface area contributed by atoms with Gasteiger partial charge in [0, 0.05) is 54.6 Å². The first-order chi connectivity index (χ1) is 22.2. The van der Waals surface area contributed by atoms with E-state index in [1.54, 1.807) is 19.1 Å². The number of fused-ring (bicyclic) bond motifs is 2. The van der Waals surface area contributed by atoms with Crippen LogP contribution in [0.15, 0.2) is 60.9 Å². The first-order valence-corrected chi connectivity index (χ1v) is 15.9. The smallest absolute Gasteiger partial charge is 0.341 e. The molecule has 2 aliphatic heterocycles. The molecule has 0 aliphatic carbocycles. The number of ether oxygens (including phenoxy) is 4. The van der Waals surface area contributed by atoms with Gasteiger partial charge in [0.15, 0.2) is 0 Å². The summed E-state index contributed by atoms with van der Waals surface area (Å²) in [4.78, 5) is 37.9. The monoisotopic (exact) mass is 624 g/mol. The SMILES string of the molecule is CCOC(=O)c1cnc2cc(N3CCCc4ncccc43)ccc2c1Nc1cc(OC2CCOCC2)cc(C(=O)OC(C)(C)C)c1. The fourth-order valence-electron chi connectivity index (χ4n) is 5.83. The molecule has 4 aromatic rings. The number of benzene rings is 2. The van der Waals surface area contributed by atoms with Crippen molar-refractivity contribution < 1.29 is 28.5 Å². The van der Waals surface area contributed by atoms with Gasteiger partial charge >= 0.3 is 11.9 Å². The number of nitrogens with one attached hydrogen (secondary N) is 1. The summed E-state index contributed by atoms with van der Waals surface area (Å²) in [7, 11) is 0. The van der Waals surface area contributed by atoms with E-state index in [1.165, 1.54) is 6.20 Å². The maximum atomic E-state index is 13.2. The van der Waals surface area contributed by atoms with Crippen LogP contribution in [0.2, 0.25) is 0 Å². The van der Waals surface area contributed by atoms with Crippen molar-refractivity contribution in [3.05, 3.63) is 77.7 Å². The Morgan fingerprint density at radius 2 is 1.87 bits per heavy atom. The third-order valence-corrected chi connectivity index (χ3v) is 7.89. The van der Waals surface area contributed by atoms with Gasteiger partial charge in [0.2, 0.25) is 0 Å². The van der Waals surface area contributed by atoms with Crippen LogP contribution in [-0.4, -0.2) is 60.0 Å². The number of hydrogen-bond donors (Lipinski definition) is 1. The molecule has 0 spiro atoms. The molecular weight excluding hydrogens is 584 g/mol. The van der Waals surface area contributed by atoms with Crippen molar-refractivity contribution in [2.45, 2.75) is 65.1 Å². The van der Waals surface area contributed by atoms with Gasteiger partial charge < -0.3 is 29.2 Å². The van der Waals surface area contributed by atoms with Crippen molar-refractivity contribution in [3.8, 4) is 5.75 Å². The zero-order valence-electron chi connectivity index (χ0n) is 26.8. The van der Waals surface area contributed by atoms with Crippen molar-refractivity contribution >= 4 is 45.6 Å². The molecule has 0 atom stereocenters. The van der Waals surface area contributed by atoms with E-state index >= 15 is 0 Å². The molecule has 2 aromatic heterocycles. The molecule has 6 rings (SSSR count). The van der Waals surface area contributed by atoms with Crippen LogP contribution in [0.3, 0.4) is 0 Å². The molecule has 0 saturated carbocycles. The minimum atomic E-state index is -0.677. The second-order valence-corrected chi connectivity index (χ2v) is 12.5. The maximum Gasteiger partial charge on any atom is 0.341 e. The lowest BCUT2D eigenvalue weighted by molar-refractivity contribution is 0.00663. The van der Waals surface area contributed by atoms with Gasteiger partial charge in [-0.1, -0.05) is 0 Å². The zero-order valence-corrected chi connectivity index (χ0v) is 26.8. The fraction of sp³-hybridized carbons (Fsp3) is 0.389. The number of nitrogens with zero attached hydrogens (tertiary/aromatic N) is 3. The summed E-state index contributed by atoms with van der Waals surface area (Å²) >= 11 is 0. The second kappa shape index (κ2) is 13.3. The highest BCUT2D eigenvalue weighted by atomic mass is 16.6. The summed E-state index contributed by atoms with van der Waals surface area (Å²) in [5.41, 5.74) is 4.87. The Labute approximate surface area is 269 Å². The van der Waals surface area contributed by atoms with Crippen molar-refractivity contribution in [2.75, 3.05) is 36.6 Å². The number of rotatable bonds is 8. The molecule has 0 bridgehead atoms. The normalized spacial score (nSPS) is 15.3. The van der Waals surface area contributed by atoms with E-state index in [0.29, 0.717) is 41.4 Å². The van der Waals surface area contributed by atoms with Crippen LogP contribution in [0, 0.1) is 0 Å². The van der Waals surface area contributed by atoms with Crippen LogP contribution in [0.1, 0.15) is 73.4 Å². The average molecular weight is 625 g/mol. The number of carbonyl (C=O) groups is 2. The van der Waals surface area contributed by atoms with Crippen molar-refractivity contribution in [1.82, 2.24) is 9.97 Å². The second-order valence-electron chi connectivity index (χ2n) is 12.5. The third-order valence-electron chi connectivity index (χ3n) is 7.89. The zero-order chi connectivity index (χ0) is 32.3. The third kappa shape index (κ3) is 7.07. The van der Waals surface area contributed by atoms with Crippen LogP contribution in [0.4, 0.5) is 22.7 Å². The van der Waals surface area contributed by atoms with Gasteiger partial charge in [0.05, 0.1) is 48.0 Å². The molecule has 0 unspecified atom stereocenters. The minimum Gasteiger partial charge on any atom is -0.490 e. The Hall–Kier alpha value is -4.70. The number of aryl methyl sites for hydroxylation is 1. The highest BCUT2D eigenvalue weighted by Crippen LogP contribution is 2.37. The van der Waals surface area contributed by atoms with E-state index in [2.05, 4.69) is 26.3 Å². The average Bonchev–Trinajstić information content (AvgIpc) is 3.04. The molecule has 240 valence electrons. The van der Waals surface area contributed by atoms with E-state index in [4.69, 9.17) is 18.9 Å². The summed E-state index contributed by atoms with van der Waals surface area (Å²) < 4.78 is 22.9. The molecular formula is C36H40N4O6.